The minimum absolute atomic E-state index is 0.178. The Bertz CT molecular complexity index is 430. The van der Waals surface area contributed by atoms with Crippen LogP contribution in [0.25, 0.3) is 0 Å². The summed E-state index contributed by atoms with van der Waals surface area (Å²) in [6.07, 6.45) is 1.65. The summed E-state index contributed by atoms with van der Waals surface area (Å²) in [6, 6.07) is 6.71. The average molecular weight is 279 g/mol. The zero-order valence-corrected chi connectivity index (χ0v) is 11.9. The van der Waals surface area contributed by atoms with E-state index in [4.69, 9.17) is 9.84 Å². The van der Waals surface area contributed by atoms with Crippen LogP contribution in [0.3, 0.4) is 0 Å². The number of carbonyl (C=O) groups excluding carboxylic acids is 1. The fourth-order valence-electron chi connectivity index (χ4n) is 1.91. The molecule has 1 unspecified atom stereocenters. The molecule has 1 N–H and O–H groups in total. The van der Waals surface area contributed by atoms with Crippen molar-refractivity contribution < 1.29 is 19.4 Å². The van der Waals surface area contributed by atoms with Crippen molar-refractivity contribution in [2.45, 2.75) is 26.7 Å². The second-order valence-electron chi connectivity index (χ2n) is 4.76. The van der Waals surface area contributed by atoms with E-state index in [1.165, 1.54) is 0 Å². The van der Waals surface area contributed by atoms with Gasteiger partial charge in [-0.2, -0.15) is 0 Å². The molecule has 0 bridgehead atoms. The molecule has 1 aromatic carbocycles. The first-order valence-electron chi connectivity index (χ1n) is 6.75. The van der Waals surface area contributed by atoms with Crippen molar-refractivity contribution in [2.24, 2.45) is 5.92 Å². The SMILES string of the molecule is CCCC(C)COc1ccc(N(CC=O)C(=O)O)cc1. The average Bonchev–Trinajstić information content (AvgIpc) is 2.43. The summed E-state index contributed by atoms with van der Waals surface area (Å²) >= 11 is 0. The highest BCUT2D eigenvalue weighted by atomic mass is 16.5. The number of hydrogen-bond donors (Lipinski definition) is 1. The number of carboxylic acid groups (broad SMARTS) is 1. The maximum Gasteiger partial charge on any atom is 0.412 e. The maximum atomic E-state index is 11.0. The lowest BCUT2D eigenvalue weighted by Gasteiger charge is -2.17. The van der Waals surface area contributed by atoms with Crippen LogP contribution in [0.15, 0.2) is 24.3 Å². The molecule has 1 rings (SSSR count). The standard InChI is InChI=1S/C15H21NO4/c1-3-4-12(2)11-20-14-7-5-13(6-8-14)16(9-10-17)15(18)19/h5-8,10,12H,3-4,9,11H2,1-2H3,(H,18,19). The number of anilines is 1. The zero-order valence-electron chi connectivity index (χ0n) is 11.9. The Morgan fingerprint density at radius 3 is 2.55 bits per heavy atom. The third-order valence-corrected chi connectivity index (χ3v) is 2.95. The molecule has 110 valence electrons. The summed E-state index contributed by atoms with van der Waals surface area (Å²) in [5.41, 5.74) is 0.457. The lowest BCUT2D eigenvalue weighted by molar-refractivity contribution is -0.106. The van der Waals surface area contributed by atoms with Crippen LogP contribution in [-0.4, -0.2) is 30.6 Å². The molecule has 0 fully saturated rings. The van der Waals surface area contributed by atoms with Gasteiger partial charge >= 0.3 is 6.09 Å². The second kappa shape index (κ2) is 8.19. The van der Waals surface area contributed by atoms with Gasteiger partial charge in [-0.05, 0) is 36.6 Å². The van der Waals surface area contributed by atoms with Crippen molar-refractivity contribution in [3.8, 4) is 5.75 Å². The Morgan fingerprint density at radius 1 is 1.40 bits per heavy atom. The number of aldehydes is 1. The molecule has 1 amide bonds. The number of nitrogens with zero attached hydrogens (tertiary/aromatic N) is 1. The van der Waals surface area contributed by atoms with Crippen molar-refractivity contribution in [2.75, 3.05) is 18.1 Å². The van der Waals surface area contributed by atoms with Crippen molar-refractivity contribution in [1.29, 1.82) is 0 Å². The first kappa shape index (κ1) is 16.0. The van der Waals surface area contributed by atoms with Crippen molar-refractivity contribution >= 4 is 18.1 Å². The van der Waals surface area contributed by atoms with Crippen molar-refractivity contribution in [3.63, 3.8) is 0 Å². The minimum atomic E-state index is -1.15. The van der Waals surface area contributed by atoms with Crippen LogP contribution in [0.1, 0.15) is 26.7 Å². The molecule has 0 spiro atoms. The Hall–Kier alpha value is -2.04. The number of hydrogen-bond acceptors (Lipinski definition) is 3. The lowest BCUT2D eigenvalue weighted by atomic mass is 10.1. The van der Waals surface area contributed by atoms with Crippen LogP contribution in [-0.2, 0) is 4.79 Å². The number of rotatable bonds is 8. The van der Waals surface area contributed by atoms with E-state index in [1.807, 2.05) is 0 Å². The van der Waals surface area contributed by atoms with Gasteiger partial charge in [0.15, 0.2) is 0 Å². The number of carbonyl (C=O) groups is 2. The van der Waals surface area contributed by atoms with Crippen LogP contribution in [0.5, 0.6) is 5.75 Å². The third-order valence-electron chi connectivity index (χ3n) is 2.95. The van der Waals surface area contributed by atoms with Gasteiger partial charge in [0.2, 0.25) is 0 Å². The maximum absolute atomic E-state index is 11.0. The topological polar surface area (TPSA) is 66.8 Å². The normalized spacial score (nSPS) is 11.7. The minimum Gasteiger partial charge on any atom is -0.493 e. The van der Waals surface area contributed by atoms with Crippen LogP contribution < -0.4 is 9.64 Å². The number of amides is 1. The molecule has 0 aliphatic heterocycles. The summed E-state index contributed by atoms with van der Waals surface area (Å²) in [5, 5.41) is 9.00. The Balaban J connectivity index is 2.63. The molecule has 0 saturated heterocycles. The molecule has 0 heterocycles. The van der Waals surface area contributed by atoms with E-state index >= 15 is 0 Å². The summed E-state index contributed by atoms with van der Waals surface area (Å²) in [6.45, 7) is 4.74. The molecule has 0 radical (unpaired) electrons. The fraction of sp³-hybridized carbons (Fsp3) is 0.467. The molecule has 0 saturated carbocycles. The Kier molecular flexibility index (Phi) is 6.56. The zero-order chi connectivity index (χ0) is 15.0. The van der Waals surface area contributed by atoms with Gasteiger partial charge in [0, 0.05) is 5.69 Å². The summed E-state index contributed by atoms with van der Waals surface area (Å²) < 4.78 is 5.64. The first-order valence-corrected chi connectivity index (χ1v) is 6.75. The van der Waals surface area contributed by atoms with Gasteiger partial charge in [-0.1, -0.05) is 20.3 Å². The largest absolute Gasteiger partial charge is 0.493 e. The molecule has 5 nitrogen and oxygen atoms in total. The van der Waals surface area contributed by atoms with E-state index in [0.717, 1.165) is 17.7 Å². The van der Waals surface area contributed by atoms with E-state index in [1.54, 1.807) is 24.3 Å². The highest BCUT2D eigenvalue weighted by Gasteiger charge is 2.13. The molecule has 5 heteroatoms. The lowest BCUT2D eigenvalue weighted by Crippen LogP contribution is -2.30. The fourth-order valence-corrected chi connectivity index (χ4v) is 1.91. The van der Waals surface area contributed by atoms with Crippen LogP contribution in [0.4, 0.5) is 10.5 Å². The molecule has 1 aromatic rings. The number of benzene rings is 1. The van der Waals surface area contributed by atoms with Gasteiger partial charge in [-0.3, -0.25) is 4.90 Å². The molecule has 0 aliphatic rings. The van der Waals surface area contributed by atoms with Crippen molar-refractivity contribution in [3.05, 3.63) is 24.3 Å². The quantitative estimate of drug-likeness (QED) is 0.742. The van der Waals surface area contributed by atoms with Crippen LogP contribution >= 0.6 is 0 Å². The smallest absolute Gasteiger partial charge is 0.412 e. The summed E-state index contributed by atoms with van der Waals surface area (Å²) in [5.74, 6) is 1.19. The van der Waals surface area contributed by atoms with E-state index in [2.05, 4.69) is 13.8 Å². The van der Waals surface area contributed by atoms with Gasteiger partial charge in [0.1, 0.15) is 12.0 Å². The Morgan fingerprint density at radius 2 is 2.05 bits per heavy atom. The predicted molar refractivity (Wildman–Crippen MR) is 77.4 cm³/mol. The summed E-state index contributed by atoms with van der Waals surface area (Å²) in [7, 11) is 0. The monoisotopic (exact) mass is 279 g/mol. The highest BCUT2D eigenvalue weighted by molar-refractivity contribution is 5.89. The molecule has 0 aliphatic carbocycles. The van der Waals surface area contributed by atoms with Gasteiger partial charge in [0.25, 0.3) is 0 Å². The van der Waals surface area contributed by atoms with Gasteiger partial charge in [-0.15, -0.1) is 0 Å². The Labute approximate surface area is 119 Å². The third kappa shape index (κ3) is 4.91. The molecular formula is C15H21NO4. The molecule has 0 aromatic heterocycles. The van der Waals surface area contributed by atoms with Gasteiger partial charge in [0.05, 0.1) is 13.2 Å². The predicted octanol–water partition coefficient (Wildman–Crippen LogP) is 3.18. The number of ether oxygens (including phenoxy) is 1. The second-order valence-corrected chi connectivity index (χ2v) is 4.76. The highest BCUT2D eigenvalue weighted by Crippen LogP contribution is 2.20. The molecule has 1 atom stereocenters. The van der Waals surface area contributed by atoms with Crippen LogP contribution in [0.2, 0.25) is 0 Å². The van der Waals surface area contributed by atoms with Crippen molar-refractivity contribution in [1.82, 2.24) is 0 Å². The van der Waals surface area contributed by atoms with E-state index in [0.29, 0.717) is 30.2 Å². The van der Waals surface area contributed by atoms with E-state index in [9.17, 15) is 9.59 Å². The van der Waals surface area contributed by atoms with Crippen LogP contribution in [0, 0.1) is 5.92 Å². The van der Waals surface area contributed by atoms with Gasteiger partial charge in [-0.25, -0.2) is 4.79 Å². The van der Waals surface area contributed by atoms with Gasteiger partial charge < -0.3 is 14.6 Å². The summed E-state index contributed by atoms with van der Waals surface area (Å²) in [4.78, 5) is 22.4. The molecule has 20 heavy (non-hydrogen) atoms. The van der Waals surface area contributed by atoms with E-state index in [-0.39, 0.29) is 6.54 Å². The first-order chi connectivity index (χ1) is 9.58. The molecular weight excluding hydrogens is 258 g/mol. The van der Waals surface area contributed by atoms with E-state index < -0.39 is 6.09 Å².